The van der Waals surface area contributed by atoms with E-state index >= 15 is 0 Å². The van der Waals surface area contributed by atoms with Crippen LogP contribution >= 0.6 is 23.1 Å². The van der Waals surface area contributed by atoms with Gasteiger partial charge < -0.3 is 5.11 Å². The van der Waals surface area contributed by atoms with Gasteiger partial charge in [0.25, 0.3) is 5.56 Å². The Labute approximate surface area is 148 Å². The number of aromatic nitrogens is 2. The summed E-state index contributed by atoms with van der Waals surface area (Å²) in [6, 6.07) is 9.90. The Morgan fingerprint density at radius 1 is 1.33 bits per heavy atom. The number of hydrogen-bond donors (Lipinski definition) is 1. The molecule has 2 aromatic heterocycles. The minimum atomic E-state index is -0.0356. The maximum atomic E-state index is 13.0. The number of allylic oxidation sites excluding steroid dienone is 1. The second-order valence-electron chi connectivity index (χ2n) is 5.22. The fourth-order valence-corrected chi connectivity index (χ4v) is 4.38. The van der Waals surface area contributed by atoms with Gasteiger partial charge in [0.05, 0.1) is 5.39 Å². The van der Waals surface area contributed by atoms with Crippen LogP contribution in [0.15, 0.2) is 58.3 Å². The lowest BCUT2D eigenvalue weighted by atomic mass is 10.1. The van der Waals surface area contributed by atoms with E-state index in [2.05, 4.69) is 11.6 Å². The summed E-state index contributed by atoms with van der Waals surface area (Å²) in [6.45, 7) is 4.31. The van der Waals surface area contributed by atoms with Crippen LogP contribution in [0.1, 0.15) is 6.42 Å². The molecule has 0 fully saturated rings. The van der Waals surface area contributed by atoms with Crippen molar-refractivity contribution in [1.29, 1.82) is 0 Å². The number of nitrogens with zero attached hydrogens (tertiary/aromatic N) is 2. The highest BCUT2D eigenvalue weighted by Gasteiger charge is 2.16. The molecule has 0 saturated carbocycles. The zero-order valence-corrected chi connectivity index (χ0v) is 14.8. The first-order chi connectivity index (χ1) is 11.8. The summed E-state index contributed by atoms with van der Waals surface area (Å²) in [6.07, 6.45) is 2.38. The van der Waals surface area contributed by atoms with Gasteiger partial charge in [0, 0.05) is 29.8 Å². The normalized spacial score (nSPS) is 11.0. The van der Waals surface area contributed by atoms with Crippen LogP contribution in [0.2, 0.25) is 0 Å². The summed E-state index contributed by atoms with van der Waals surface area (Å²) in [5, 5.41) is 12.3. The average Bonchev–Trinajstić information content (AvgIpc) is 3.03. The van der Waals surface area contributed by atoms with Gasteiger partial charge >= 0.3 is 0 Å². The van der Waals surface area contributed by atoms with Crippen molar-refractivity contribution in [1.82, 2.24) is 9.55 Å². The lowest BCUT2D eigenvalue weighted by Crippen LogP contribution is -2.22. The zero-order chi connectivity index (χ0) is 16.9. The van der Waals surface area contributed by atoms with E-state index in [4.69, 9.17) is 5.11 Å². The molecule has 0 aliphatic rings. The van der Waals surface area contributed by atoms with Crippen LogP contribution in [0.3, 0.4) is 0 Å². The number of hydrogen-bond acceptors (Lipinski definition) is 5. The predicted octanol–water partition coefficient (Wildman–Crippen LogP) is 3.79. The molecule has 0 saturated heterocycles. The maximum Gasteiger partial charge on any atom is 0.263 e. The second-order valence-corrected chi connectivity index (χ2v) is 7.14. The molecule has 3 aromatic rings. The van der Waals surface area contributed by atoms with Gasteiger partial charge in [-0.25, -0.2) is 4.98 Å². The van der Waals surface area contributed by atoms with Crippen molar-refractivity contribution in [2.45, 2.75) is 18.1 Å². The first kappa shape index (κ1) is 17.0. The summed E-state index contributed by atoms with van der Waals surface area (Å²) in [5.74, 6) is 0.725. The first-order valence-electron chi connectivity index (χ1n) is 7.68. The SMILES string of the molecule is C=CCn1c(SCCCO)nc2scc(-c3ccccc3)c2c1=O. The number of aliphatic hydroxyl groups is 1. The van der Waals surface area contributed by atoms with Gasteiger partial charge in [-0.1, -0.05) is 48.2 Å². The van der Waals surface area contributed by atoms with Gasteiger partial charge in [0.1, 0.15) is 4.83 Å². The molecule has 6 heteroatoms. The van der Waals surface area contributed by atoms with Crippen LogP contribution in [0.25, 0.3) is 21.3 Å². The molecule has 24 heavy (non-hydrogen) atoms. The van der Waals surface area contributed by atoms with E-state index in [1.54, 1.807) is 10.6 Å². The molecule has 1 aromatic carbocycles. The maximum absolute atomic E-state index is 13.0. The van der Waals surface area contributed by atoms with Crippen LogP contribution in [0, 0.1) is 0 Å². The third-order valence-corrected chi connectivity index (χ3v) is 5.52. The van der Waals surface area contributed by atoms with Crippen LogP contribution in [0.4, 0.5) is 0 Å². The van der Waals surface area contributed by atoms with E-state index in [0.29, 0.717) is 23.5 Å². The number of benzene rings is 1. The van der Waals surface area contributed by atoms with Gasteiger partial charge in [0.15, 0.2) is 5.16 Å². The fraction of sp³-hybridized carbons (Fsp3) is 0.222. The first-order valence-corrected chi connectivity index (χ1v) is 9.54. The lowest BCUT2D eigenvalue weighted by molar-refractivity contribution is 0.296. The van der Waals surface area contributed by atoms with E-state index in [1.165, 1.54) is 23.1 Å². The molecule has 4 nitrogen and oxygen atoms in total. The minimum Gasteiger partial charge on any atom is -0.396 e. The summed E-state index contributed by atoms with van der Waals surface area (Å²) < 4.78 is 1.66. The zero-order valence-electron chi connectivity index (χ0n) is 13.1. The quantitative estimate of drug-likeness (QED) is 0.302. The van der Waals surface area contributed by atoms with Gasteiger partial charge in [-0.15, -0.1) is 17.9 Å². The molecule has 0 unspecified atom stereocenters. The number of fused-ring (bicyclic) bond motifs is 1. The molecule has 0 atom stereocenters. The highest BCUT2D eigenvalue weighted by atomic mass is 32.2. The lowest BCUT2D eigenvalue weighted by Gasteiger charge is -2.10. The summed E-state index contributed by atoms with van der Waals surface area (Å²) in [5.41, 5.74) is 1.91. The third kappa shape index (κ3) is 3.31. The Morgan fingerprint density at radius 3 is 2.83 bits per heavy atom. The Kier molecular flexibility index (Phi) is 5.50. The van der Waals surface area contributed by atoms with Gasteiger partial charge in [0.2, 0.25) is 0 Å². The van der Waals surface area contributed by atoms with E-state index in [1.807, 2.05) is 35.7 Å². The molecule has 0 bridgehead atoms. The standard InChI is InChI=1S/C18H18N2O2S2/c1-2-9-20-17(22)15-14(13-7-4-3-5-8-13)12-24-16(15)19-18(20)23-11-6-10-21/h2-5,7-8,12,21H,1,6,9-11H2. The molecule has 124 valence electrons. The molecular formula is C18H18N2O2S2. The van der Waals surface area contributed by atoms with Crippen molar-refractivity contribution in [2.24, 2.45) is 0 Å². The average molecular weight is 358 g/mol. The van der Waals surface area contributed by atoms with E-state index in [9.17, 15) is 4.79 Å². The van der Waals surface area contributed by atoms with Crippen LogP contribution in [-0.4, -0.2) is 27.0 Å². The monoisotopic (exact) mass is 358 g/mol. The molecule has 3 rings (SSSR count). The van der Waals surface area contributed by atoms with E-state index in [-0.39, 0.29) is 12.2 Å². The molecule has 2 heterocycles. The Balaban J connectivity index is 2.15. The van der Waals surface area contributed by atoms with Crippen molar-refractivity contribution in [3.05, 3.63) is 58.7 Å². The summed E-state index contributed by atoms with van der Waals surface area (Å²) >= 11 is 2.99. The largest absolute Gasteiger partial charge is 0.396 e. The number of thiophene rings is 1. The Morgan fingerprint density at radius 2 is 2.12 bits per heavy atom. The molecule has 0 spiro atoms. The highest BCUT2D eigenvalue weighted by Crippen LogP contribution is 2.32. The summed E-state index contributed by atoms with van der Waals surface area (Å²) in [4.78, 5) is 18.5. The number of aliphatic hydroxyl groups excluding tert-OH is 1. The molecule has 0 aliphatic heterocycles. The molecular weight excluding hydrogens is 340 g/mol. The molecule has 0 aliphatic carbocycles. The van der Waals surface area contributed by atoms with Gasteiger partial charge in [-0.2, -0.15) is 0 Å². The van der Waals surface area contributed by atoms with E-state index in [0.717, 1.165) is 21.7 Å². The smallest absolute Gasteiger partial charge is 0.263 e. The third-order valence-electron chi connectivity index (χ3n) is 3.59. The fourth-order valence-electron chi connectivity index (χ4n) is 2.46. The second kappa shape index (κ2) is 7.79. The van der Waals surface area contributed by atoms with Crippen LogP contribution < -0.4 is 5.56 Å². The molecule has 1 N–H and O–H groups in total. The molecule has 0 radical (unpaired) electrons. The van der Waals surface area contributed by atoms with Crippen molar-refractivity contribution in [2.75, 3.05) is 12.4 Å². The van der Waals surface area contributed by atoms with Crippen molar-refractivity contribution in [3.63, 3.8) is 0 Å². The predicted molar refractivity (Wildman–Crippen MR) is 102 cm³/mol. The van der Waals surface area contributed by atoms with E-state index < -0.39 is 0 Å². The highest BCUT2D eigenvalue weighted by molar-refractivity contribution is 7.99. The van der Waals surface area contributed by atoms with Crippen LogP contribution in [0.5, 0.6) is 0 Å². The van der Waals surface area contributed by atoms with Crippen molar-refractivity contribution >= 4 is 33.3 Å². The van der Waals surface area contributed by atoms with Crippen molar-refractivity contribution in [3.8, 4) is 11.1 Å². The number of thioether (sulfide) groups is 1. The topological polar surface area (TPSA) is 55.1 Å². The van der Waals surface area contributed by atoms with Gasteiger partial charge in [-0.05, 0) is 12.0 Å². The van der Waals surface area contributed by atoms with Gasteiger partial charge in [-0.3, -0.25) is 9.36 Å². The molecule has 0 amide bonds. The van der Waals surface area contributed by atoms with Crippen LogP contribution in [-0.2, 0) is 6.54 Å². The summed E-state index contributed by atoms with van der Waals surface area (Å²) in [7, 11) is 0. The Bertz CT molecular complexity index is 901. The number of rotatable bonds is 7. The minimum absolute atomic E-state index is 0.0356. The van der Waals surface area contributed by atoms with Crippen molar-refractivity contribution < 1.29 is 5.11 Å². The Hall–Kier alpha value is -1.89.